The van der Waals surface area contributed by atoms with Gasteiger partial charge in [0, 0.05) is 23.0 Å². The van der Waals surface area contributed by atoms with Crippen molar-refractivity contribution in [2.24, 2.45) is 5.73 Å². The number of H-pyrrole nitrogens is 1. The lowest BCUT2D eigenvalue weighted by Crippen LogP contribution is -2.15. The number of nitrogens with zero attached hydrogens (tertiary/aromatic N) is 2. The van der Waals surface area contributed by atoms with E-state index in [1.165, 1.54) is 0 Å². The minimum atomic E-state index is -0.571. The highest BCUT2D eigenvalue weighted by atomic mass is 16.5. The van der Waals surface area contributed by atoms with Crippen LogP contribution in [0.5, 0.6) is 11.5 Å². The third-order valence-corrected chi connectivity index (χ3v) is 5.02. The first-order valence-electron chi connectivity index (χ1n) is 9.69. The van der Waals surface area contributed by atoms with Crippen LogP contribution in [0.15, 0.2) is 85.1 Å². The lowest BCUT2D eigenvalue weighted by Gasteiger charge is -2.06. The second-order valence-electron chi connectivity index (χ2n) is 7.08. The Morgan fingerprint density at radius 3 is 2.19 bits per heavy atom. The number of rotatable bonds is 5. The van der Waals surface area contributed by atoms with Crippen molar-refractivity contribution in [3.05, 3.63) is 90.8 Å². The zero-order valence-electron chi connectivity index (χ0n) is 16.4. The number of carbonyl (C=O) groups is 1. The van der Waals surface area contributed by atoms with Crippen molar-refractivity contribution >= 4 is 17.2 Å². The smallest absolute Gasteiger partial charge is 0.269 e. The van der Waals surface area contributed by atoms with Gasteiger partial charge in [-0.05, 0) is 54.1 Å². The highest BCUT2D eigenvalue weighted by Gasteiger charge is 2.22. The van der Waals surface area contributed by atoms with E-state index in [1.807, 2.05) is 78.9 Å². The summed E-state index contributed by atoms with van der Waals surface area (Å²) in [6, 6.07) is 24.4. The number of carbonyl (C=O) groups excluding carboxylic acids is 1. The number of hydrogen-bond donors (Lipinski definition) is 3. The third kappa shape index (κ3) is 3.38. The van der Waals surface area contributed by atoms with E-state index >= 15 is 0 Å². The van der Waals surface area contributed by atoms with Gasteiger partial charge in [-0.1, -0.05) is 30.3 Å². The number of fused-ring (bicyclic) bond motifs is 1. The van der Waals surface area contributed by atoms with Crippen molar-refractivity contribution < 1.29 is 9.53 Å². The molecule has 2 aromatic heterocycles. The highest BCUT2D eigenvalue weighted by molar-refractivity contribution is 5.99. The number of nitrogen functional groups attached to an aromatic ring is 1. The molecule has 7 heteroatoms. The summed E-state index contributed by atoms with van der Waals surface area (Å²) in [7, 11) is 0. The first-order valence-corrected chi connectivity index (χ1v) is 9.69. The lowest BCUT2D eigenvalue weighted by atomic mass is 10.1. The maximum atomic E-state index is 12.3. The molecule has 2 heterocycles. The van der Waals surface area contributed by atoms with E-state index in [4.69, 9.17) is 21.2 Å². The summed E-state index contributed by atoms with van der Waals surface area (Å²) in [6.45, 7) is 0. The van der Waals surface area contributed by atoms with Gasteiger partial charge in [-0.25, -0.2) is 9.50 Å². The summed E-state index contributed by atoms with van der Waals surface area (Å²) in [6.07, 6.45) is 1.79. The number of hydrogen-bond acceptors (Lipinski definition) is 4. The molecule has 3 aromatic carbocycles. The quantitative estimate of drug-likeness (QED) is 0.372. The summed E-state index contributed by atoms with van der Waals surface area (Å²) >= 11 is 0. The van der Waals surface area contributed by atoms with Crippen molar-refractivity contribution in [3.63, 3.8) is 0 Å². The molecule has 0 fully saturated rings. The summed E-state index contributed by atoms with van der Waals surface area (Å²) in [5.74, 6) is 0.859. The number of aromatic amines is 1. The van der Waals surface area contributed by atoms with Gasteiger partial charge in [0.15, 0.2) is 11.3 Å². The molecule has 0 atom stereocenters. The van der Waals surface area contributed by atoms with E-state index in [1.54, 1.807) is 10.7 Å². The minimum absolute atomic E-state index is 0.286. The van der Waals surface area contributed by atoms with Crippen molar-refractivity contribution in [2.45, 2.75) is 0 Å². The summed E-state index contributed by atoms with van der Waals surface area (Å²) in [5.41, 5.74) is 16.1. The van der Waals surface area contributed by atoms with Crippen LogP contribution in [0.4, 0.5) is 5.69 Å². The van der Waals surface area contributed by atoms with E-state index in [0.29, 0.717) is 22.8 Å². The van der Waals surface area contributed by atoms with E-state index in [2.05, 4.69) is 5.10 Å². The predicted molar refractivity (Wildman–Crippen MR) is 120 cm³/mol. The molecule has 0 bridgehead atoms. The van der Waals surface area contributed by atoms with Crippen LogP contribution in [-0.4, -0.2) is 20.5 Å². The molecule has 0 spiro atoms. The topological polar surface area (TPSA) is 111 Å². The summed E-state index contributed by atoms with van der Waals surface area (Å²) in [4.78, 5) is 17.0. The maximum absolute atomic E-state index is 12.3. The number of primary amides is 1. The van der Waals surface area contributed by atoms with Gasteiger partial charge in [0.25, 0.3) is 5.91 Å². The van der Waals surface area contributed by atoms with Gasteiger partial charge in [-0.15, -0.1) is 0 Å². The molecule has 152 valence electrons. The van der Waals surface area contributed by atoms with Crippen LogP contribution >= 0.6 is 0 Å². The van der Waals surface area contributed by atoms with Gasteiger partial charge in [0.2, 0.25) is 0 Å². The largest absolute Gasteiger partial charge is 0.457 e. The number of nitrogens with one attached hydrogen (secondary N) is 1. The zero-order chi connectivity index (χ0) is 21.4. The number of anilines is 1. The Labute approximate surface area is 177 Å². The van der Waals surface area contributed by atoms with Crippen LogP contribution in [-0.2, 0) is 0 Å². The van der Waals surface area contributed by atoms with Crippen molar-refractivity contribution in [1.82, 2.24) is 14.6 Å². The Hall–Kier alpha value is -4.52. The molecular formula is C24H19N5O2. The average Bonchev–Trinajstić information content (AvgIpc) is 3.35. The predicted octanol–water partition coefficient (Wildman–Crippen LogP) is 4.47. The lowest BCUT2D eigenvalue weighted by molar-refractivity contribution is 0.0994. The molecular weight excluding hydrogens is 390 g/mol. The molecule has 31 heavy (non-hydrogen) atoms. The highest BCUT2D eigenvalue weighted by Crippen LogP contribution is 2.32. The SMILES string of the molecule is NC(=O)c1c(-c2ccc(Oc3ccccc3)cc2)nc2c(-c3ccc(N)cc3)c[nH]n12. The van der Waals surface area contributed by atoms with Gasteiger partial charge in [0.05, 0.1) is 0 Å². The van der Waals surface area contributed by atoms with Gasteiger partial charge >= 0.3 is 0 Å². The van der Waals surface area contributed by atoms with Crippen LogP contribution in [0.25, 0.3) is 28.0 Å². The van der Waals surface area contributed by atoms with Crippen molar-refractivity contribution in [3.8, 4) is 33.9 Å². The number of para-hydroxylation sites is 1. The van der Waals surface area contributed by atoms with Gasteiger partial charge in [-0.2, -0.15) is 0 Å². The Balaban J connectivity index is 1.55. The fraction of sp³-hybridized carbons (Fsp3) is 0. The fourth-order valence-electron chi connectivity index (χ4n) is 3.53. The molecule has 0 saturated heterocycles. The first kappa shape index (κ1) is 18.5. The number of benzene rings is 3. The molecule has 0 aliphatic heterocycles. The average molecular weight is 409 g/mol. The zero-order valence-corrected chi connectivity index (χ0v) is 16.4. The molecule has 7 nitrogen and oxygen atoms in total. The van der Waals surface area contributed by atoms with Crippen LogP contribution in [0.3, 0.4) is 0 Å². The van der Waals surface area contributed by atoms with E-state index < -0.39 is 5.91 Å². The minimum Gasteiger partial charge on any atom is -0.457 e. The fourth-order valence-corrected chi connectivity index (χ4v) is 3.53. The standard InChI is InChI=1S/C24H19N5O2/c25-17-10-6-15(7-11-17)20-14-27-29-22(23(26)30)21(28-24(20)29)16-8-12-19(13-9-16)31-18-4-2-1-3-5-18/h1-14,27H,25H2,(H2,26,30). The Morgan fingerprint density at radius 1 is 0.871 bits per heavy atom. The van der Waals surface area contributed by atoms with Gasteiger partial charge in [0.1, 0.15) is 17.2 Å². The molecule has 1 amide bonds. The summed E-state index contributed by atoms with van der Waals surface area (Å²) < 4.78 is 7.45. The molecule has 0 saturated carbocycles. The number of ether oxygens (including phenoxy) is 1. The van der Waals surface area contributed by atoms with Crippen LogP contribution in [0, 0.1) is 0 Å². The van der Waals surface area contributed by atoms with Gasteiger partial charge in [-0.3, -0.25) is 9.89 Å². The number of imidazole rings is 1. The molecule has 0 radical (unpaired) electrons. The molecule has 0 aliphatic rings. The maximum Gasteiger partial charge on any atom is 0.269 e. The van der Waals surface area contributed by atoms with E-state index in [-0.39, 0.29) is 5.69 Å². The molecule has 0 unspecified atom stereocenters. The first-order chi connectivity index (χ1) is 15.1. The number of amides is 1. The van der Waals surface area contributed by atoms with E-state index in [9.17, 15) is 4.79 Å². The Kier molecular flexibility index (Phi) is 4.41. The second kappa shape index (κ2) is 7.38. The second-order valence-corrected chi connectivity index (χ2v) is 7.08. The summed E-state index contributed by atoms with van der Waals surface area (Å²) in [5, 5.41) is 3.08. The Bertz CT molecular complexity index is 1370. The van der Waals surface area contributed by atoms with Crippen LogP contribution in [0.2, 0.25) is 0 Å². The molecule has 5 aromatic rings. The van der Waals surface area contributed by atoms with Crippen molar-refractivity contribution in [1.29, 1.82) is 0 Å². The van der Waals surface area contributed by atoms with Gasteiger partial charge < -0.3 is 16.2 Å². The normalized spacial score (nSPS) is 11.0. The van der Waals surface area contributed by atoms with E-state index in [0.717, 1.165) is 22.4 Å². The number of aromatic nitrogens is 3. The molecule has 5 N–H and O–H groups in total. The van der Waals surface area contributed by atoms with Crippen LogP contribution < -0.4 is 16.2 Å². The van der Waals surface area contributed by atoms with Crippen LogP contribution in [0.1, 0.15) is 10.5 Å². The molecule has 5 rings (SSSR count). The molecule has 0 aliphatic carbocycles. The Morgan fingerprint density at radius 2 is 1.52 bits per heavy atom. The third-order valence-electron chi connectivity index (χ3n) is 5.02. The van der Waals surface area contributed by atoms with Crippen molar-refractivity contribution in [2.75, 3.05) is 5.73 Å². The monoisotopic (exact) mass is 409 g/mol. The number of nitrogens with two attached hydrogens (primary N) is 2.